The van der Waals surface area contributed by atoms with Gasteiger partial charge in [0.05, 0.1) is 24.2 Å². The van der Waals surface area contributed by atoms with Crippen LogP contribution in [0.1, 0.15) is 133 Å². The normalized spacial score (nSPS) is 21.6. The molecule has 4 aliphatic rings. The number of aryl methyl sites for hydroxylation is 2. The minimum atomic E-state index is -5.70. The molecule has 440 valence electrons. The van der Waals surface area contributed by atoms with E-state index in [9.17, 15) is 38.4 Å². The molecule has 81 heavy (non-hydrogen) atoms. The van der Waals surface area contributed by atoms with Crippen LogP contribution in [0.15, 0.2) is 66.7 Å². The van der Waals surface area contributed by atoms with Crippen LogP contribution in [-0.2, 0) is 64.2 Å². The minimum Gasteiger partial charge on any atom is -0.347 e. The molecule has 3 aromatic carbocycles. The van der Waals surface area contributed by atoms with E-state index in [1.165, 1.54) is 23.1 Å². The number of hydrogen-bond donors (Lipinski definition) is 8. The molecule has 0 spiro atoms. The summed E-state index contributed by atoms with van der Waals surface area (Å²) in [5, 5.41) is 21.0. The Morgan fingerprint density at radius 3 is 1.53 bits per heavy atom. The number of fused-ring (bicyclic) bond motifs is 3. The lowest BCUT2D eigenvalue weighted by atomic mass is 9.83. The quantitative estimate of drug-likeness (QED) is 0.0852. The Kier molecular flexibility index (Phi) is 18.8. The number of carbonyl (C=O) groups excluding carboxylic acids is 8. The van der Waals surface area contributed by atoms with Crippen molar-refractivity contribution in [3.63, 3.8) is 0 Å². The molecule has 2 aliphatic heterocycles. The molecular formula is C59H78F4N10O8. The number of hydrogen-bond acceptors (Lipinski definition) is 10. The van der Waals surface area contributed by atoms with Gasteiger partial charge in [-0.25, -0.2) is 0 Å². The molecule has 22 heteroatoms. The van der Waals surface area contributed by atoms with Crippen molar-refractivity contribution in [2.24, 2.45) is 10.8 Å². The third-order valence-electron chi connectivity index (χ3n) is 16.2. The zero-order valence-corrected chi connectivity index (χ0v) is 47.8. The molecule has 18 nitrogen and oxygen atoms in total. The molecule has 0 aromatic heterocycles. The summed E-state index contributed by atoms with van der Waals surface area (Å²) in [6.07, 6.45) is 3.77. The number of likely N-dealkylation sites (N-methyl/N-ethyl adjacent to an activating group) is 2. The molecule has 3 aromatic rings. The molecule has 0 unspecified atom stereocenters. The highest BCUT2D eigenvalue weighted by molar-refractivity contribution is 6.02. The van der Waals surface area contributed by atoms with E-state index in [1.807, 2.05) is 59.2 Å². The summed E-state index contributed by atoms with van der Waals surface area (Å²) in [5.41, 5.74) is 2.41. The lowest BCUT2D eigenvalue weighted by Gasteiger charge is -2.42. The molecule has 8 N–H and O–H groups in total. The van der Waals surface area contributed by atoms with Crippen LogP contribution >= 0.6 is 0 Å². The second-order valence-electron chi connectivity index (χ2n) is 24.1. The maximum atomic E-state index is 16.1. The summed E-state index contributed by atoms with van der Waals surface area (Å²) in [6, 6.07) is 10.3. The van der Waals surface area contributed by atoms with Crippen molar-refractivity contribution in [3.8, 4) is 0 Å². The van der Waals surface area contributed by atoms with Crippen LogP contribution in [0.2, 0.25) is 0 Å². The van der Waals surface area contributed by atoms with E-state index in [1.54, 1.807) is 69.5 Å². The summed E-state index contributed by atoms with van der Waals surface area (Å²) >= 11 is 0. The van der Waals surface area contributed by atoms with Gasteiger partial charge in [-0.3, -0.25) is 38.4 Å². The number of alkyl halides is 4. The molecule has 7 rings (SSSR count). The van der Waals surface area contributed by atoms with Crippen molar-refractivity contribution in [2.75, 3.05) is 26.0 Å². The predicted molar refractivity (Wildman–Crippen MR) is 295 cm³/mol. The molecule has 0 bridgehead atoms. The molecule has 0 radical (unpaired) electrons. The minimum absolute atomic E-state index is 0.0794. The number of carbonyl (C=O) groups is 8. The van der Waals surface area contributed by atoms with Gasteiger partial charge in [0.1, 0.15) is 24.2 Å². The number of amides is 8. The van der Waals surface area contributed by atoms with E-state index in [0.717, 1.165) is 52.8 Å². The van der Waals surface area contributed by atoms with E-state index in [2.05, 4.69) is 31.9 Å². The Morgan fingerprint density at radius 2 is 1.04 bits per heavy atom. The zero-order chi connectivity index (χ0) is 59.5. The van der Waals surface area contributed by atoms with Gasteiger partial charge >= 0.3 is 17.8 Å². The van der Waals surface area contributed by atoms with Crippen molar-refractivity contribution in [1.29, 1.82) is 0 Å². The van der Waals surface area contributed by atoms with Gasteiger partial charge in [0.15, 0.2) is 0 Å². The average Bonchev–Trinajstić information content (AvgIpc) is 3.93. The van der Waals surface area contributed by atoms with Crippen LogP contribution in [0.3, 0.4) is 0 Å². The average molecular weight is 1130 g/mol. The van der Waals surface area contributed by atoms with Gasteiger partial charge in [0.2, 0.25) is 35.4 Å². The maximum absolute atomic E-state index is 16.1. The lowest BCUT2D eigenvalue weighted by molar-refractivity contribution is -0.208. The van der Waals surface area contributed by atoms with Gasteiger partial charge in [0.25, 0.3) is 5.91 Å². The number of halogens is 4. The van der Waals surface area contributed by atoms with E-state index in [0.29, 0.717) is 18.4 Å². The van der Waals surface area contributed by atoms with Gasteiger partial charge in [0, 0.05) is 31.2 Å². The molecule has 9 atom stereocenters. The van der Waals surface area contributed by atoms with Gasteiger partial charge < -0.3 is 52.3 Å². The first-order chi connectivity index (χ1) is 38.0. The number of anilines is 1. The van der Waals surface area contributed by atoms with Crippen LogP contribution in [0.5, 0.6) is 0 Å². The number of nitrogens with zero attached hydrogens (tertiary/aromatic N) is 2. The van der Waals surface area contributed by atoms with E-state index in [-0.39, 0.29) is 24.6 Å². The Hall–Kier alpha value is -6.94. The summed E-state index contributed by atoms with van der Waals surface area (Å²) < 4.78 is 64.2. The van der Waals surface area contributed by atoms with Crippen LogP contribution < -0.4 is 42.5 Å². The van der Waals surface area contributed by atoms with Gasteiger partial charge in [-0.15, -0.1) is 0 Å². The molecule has 2 heterocycles. The van der Waals surface area contributed by atoms with Crippen LogP contribution in [0, 0.1) is 10.8 Å². The van der Waals surface area contributed by atoms with Gasteiger partial charge in [-0.05, 0) is 129 Å². The van der Waals surface area contributed by atoms with Crippen molar-refractivity contribution < 1.29 is 55.9 Å². The number of benzene rings is 3. The molecule has 2 aliphatic carbocycles. The lowest BCUT2D eigenvalue weighted by Crippen LogP contribution is -2.62. The highest BCUT2D eigenvalue weighted by Gasteiger charge is 2.67. The third-order valence-corrected chi connectivity index (χ3v) is 16.2. The molecular weight excluding hydrogens is 1050 g/mol. The zero-order valence-electron chi connectivity index (χ0n) is 47.8. The predicted octanol–water partition coefficient (Wildman–Crippen LogP) is 4.90. The molecule has 0 saturated carbocycles. The number of nitrogens with one attached hydrogen (secondary N) is 8. The van der Waals surface area contributed by atoms with Crippen LogP contribution in [0.25, 0.3) is 0 Å². The molecule has 1 saturated heterocycles. The highest BCUT2D eigenvalue weighted by Crippen LogP contribution is 2.39. The Bertz CT molecular complexity index is 2890. The molecule has 1 fully saturated rings. The van der Waals surface area contributed by atoms with E-state index in [4.69, 9.17) is 0 Å². The standard InChI is InChI=1S/C59H78F4N10O8/c1-32(64-9)48(74)70-46(56(3,4)5)52(78)72-30-37-27-38(26-25-36(37)28-44(72)50(76)68-42-23-15-19-34-17-11-13-21-40(34)42)66-54(80)58(60,61)59(62,63)55(81)67-39-29-45(51(77)69-43-24-16-20-35-18-12-14-22-41(35)43)73(31-39)53(79)47(57(6,7)8)71-49(75)33(2)65-10/h11-14,17-18,21-22,25-27,32-33,39,42-47,64-65H,15-16,19-20,23-24,28-31H2,1-10H3,(H,66,80)(H,67,81)(H,68,76)(H,69,77)(H,70,74)(H,71,75)/t32-,33-,39-,42+,43+,44-,45-,46+,47+/m0/s1. The fraction of sp³-hybridized carbons (Fsp3) is 0.559. The highest BCUT2D eigenvalue weighted by atomic mass is 19.3. The van der Waals surface area contributed by atoms with Gasteiger partial charge in [-0.1, -0.05) is 96.1 Å². The smallest absolute Gasteiger partial charge is 0.347 e. The first kappa shape index (κ1) is 61.7. The third kappa shape index (κ3) is 13.5. The first-order valence-corrected chi connectivity index (χ1v) is 27.8. The fourth-order valence-electron chi connectivity index (χ4n) is 11.1. The van der Waals surface area contributed by atoms with Crippen molar-refractivity contribution in [1.82, 2.24) is 47.0 Å². The van der Waals surface area contributed by atoms with Crippen LogP contribution in [-0.4, -0.2) is 132 Å². The van der Waals surface area contributed by atoms with E-state index >= 15 is 17.6 Å². The van der Waals surface area contributed by atoms with Crippen LogP contribution in [0.4, 0.5) is 23.2 Å². The number of likely N-dealkylation sites (tertiary alicyclic amines) is 1. The monoisotopic (exact) mass is 1130 g/mol. The summed E-state index contributed by atoms with van der Waals surface area (Å²) in [7, 11) is 3.12. The summed E-state index contributed by atoms with van der Waals surface area (Å²) in [4.78, 5) is 114. The molecule has 8 amide bonds. The second-order valence-corrected chi connectivity index (χ2v) is 24.1. The Balaban J connectivity index is 1.11. The fourth-order valence-corrected chi connectivity index (χ4v) is 11.1. The summed E-state index contributed by atoms with van der Waals surface area (Å²) in [6.45, 7) is 12.5. The first-order valence-electron chi connectivity index (χ1n) is 27.8. The SMILES string of the molecule is CN[C@@H](C)C(=O)N[C@H](C(=O)N1Cc2cc(NC(=O)C(F)(F)C(F)(F)C(=O)N[C@H]3C[C@@H](C(=O)N[C@@H]4CCCc5ccccc54)N(C(=O)[C@@H](NC(=O)[C@H](C)NC)C(C)(C)C)C3)ccc2C[C@H]1C(=O)N[C@@H]1CCCc2ccccc21)C(C)(C)C. The maximum Gasteiger partial charge on any atom is 0.395 e. The summed E-state index contributed by atoms with van der Waals surface area (Å²) in [5.74, 6) is -20.1. The topological polar surface area (TPSA) is 239 Å². The largest absolute Gasteiger partial charge is 0.395 e. The van der Waals surface area contributed by atoms with Gasteiger partial charge in [-0.2, -0.15) is 17.6 Å². The second kappa shape index (κ2) is 24.6. The van der Waals surface area contributed by atoms with Crippen molar-refractivity contribution >= 4 is 52.9 Å². The van der Waals surface area contributed by atoms with Crippen molar-refractivity contribution in [2.45, 2.75) is 180 Å². The number of rotatable bonds is 17. The van der Waals surface area contributed by atoms with E-state index < -0.39 is 137 Å². The van der Waals surface area contributed by atoms with Crippen molar-refractivity contribution in [3.05, 3.63) is 100 Å². The Morgan fingerprint density at radius 1 is 0.568 bits per heavy atom. The Labute approximate surface area is 470 Å².